The minimum atomic E-state index is -0.215. The average Bonchev–Trinajstić information content (AvgIpc) is 2.86. The summed E-state index contributed by atoms with van der Waals surface area (Å²) in [5.41, 5.74) is 2.71. The highest BCUT2D eigenvalue weighted by atomic mass is 35.5. The summed E-state index contributed by atoms with van der Waals surface area (Å²) in [7, 11) is 1.66. The quantitative estimate of drug-likeness (QED) is 0.689. The van der Waals surface area contributed by atoms with Gasteiger partial charge in [-0.2, -0.15) is 0 Å². The molecular formula is C15H14ClN3O. The fourth-order valence-electron chi connectivity index (χ4n) is 2.29. The number of halogens is 1. The van der Waals surface area contributed by atoms with Crippen LogP contribution in [0.2, 0.25) is 0 Å². The fourth-order valence-corrected chi connectivity index (χ4v) is 2.43. The van der Waals surface area contributed by atoms with Gasteiger partial charge in [-0.25, -0.2) is 4.98 Å². The molecule has 2 heterocycles. The molecule has 0 saturated carbocycles. The maximum absolute atomic E-state index is 6.28. The summed E-state index contributed by atoms with van der Waals surface area (Å²) in [5.74, 6) is 1.56. The topological polar surface area (TPSA) is 39.9 Å². The van der Waals surface area contributed by atoms with E-state index in [1.54, 1.807) is 19.5 Å². The molecule has 0 N–H and O–H groups in total. The van der Waals surface area contributed by atoms with Crippen molar-refractivity contribution in [3.8, 4) is 11.4 Å². The van der Waals surface area contributed by atoms with Gasteiger partial charge in [0.25, 0.3) is 0 Å². The maximum Gasteiger partial charge on any atom is 0.142 e. The number of hydrogen-bond donors (Lipinski definition) is 0. The molecule has 0 saturated heterocycles. The number of ether oxygens (including phenoxy) is 1. The highest BCUT2D eigenvalue weighted by Gasteiger charge is 2.18. The third-order valence-corrected chi connectivity index (χ3v) is 3.36. The molecule has 5 heteroatoms. The van der Waals surface area contributed by atoms with Gasteiger partial charge in [0, 0.05) is 6.20 Å². The van der Waals surface area contributed by atoms with E-state index in [2.05, 4.69) is 9.97 Å². The Morgan fingerprint density at radius 2 is 2.05 bits per heavy atom. The van der Waals surface area contributed by atoms with Crippen LogP contribution in [0, 0.1) is 0 Å². The lowest BCUT2D eigenvalue weighted by molar-refractivity contribution is 0.413. The number of methoxy groups -OCH3 is 1. The standard InChI is InChI=1S/C15H14ClN3O/c1-10(16)15-18-11-9-17-8-7-12(11)19(15)13-5-3-4-6-14(13)20-2/h3-10H,1-2H3. The lowest BCUT2D eigenvalue weighted by atomic mass is 10.2. The van der Waals surface area contributed by atoms with Crippen LogP contribution >= 0.6 is 11.6 Å². The van der Waals surface area contributed by atoms with Crippen molar-refractivity contribution >= 4 is 22.6 Å². The zero-order valence-corrected chi connectivity index (χ0v) is 12.0. The van der Waals surface area contributed by atoms with Crippen molar-refractivity contribution < 1.29 is 4.74 Å². The number of fused-ring (bicyclic) bond motifs is 1. The smallest absolute Gasteiger partial charge is 0.142 e. The molecule has 0 aliphatic rings. The van der Waals surface area contributed by atoms with E-state index in [9.17, 15) is 0 Å². The largest absolute Gasteiger partial charge is 0.495 e. The molecule has 3 aromatic rings. The Kier molecular flexibility index (Phi) is 3.32. The average molecular weight is 288 g/mol. The van der Waals surface area contributed by atoms with Crippen molar-refractivity contribution in [2.24, 2.45) is 0 Å². The van der Waals surface area contributed by atoms with Crippen LogP contribution in [0.15, 0.2) is 42.7 Å². The second-order valence-corrected chi connectivity index (χ2v) is 5.11. The highest BCUT2D eigenvalue weighted by Crippen LogP contribution is 2.31. The number of aromatic nitrogens is 3. The summed E-state index contributed by atoms with van der Waals surface area (Å²) < 4.78 is 7.47. The van der Waals surface area contributed by atoms with E-state index in [-0.39, 0.29) is 5.38 Å². The van der Waals surface area contributed by atoms with Crippen molar-refractivity contribution in [2.45, 2.75) is 12.3 Å². The van der Waals surface area contributed by atoms with Crippen LogP contribution in [-0.2, 0) is 0 Å². The number of rotatable bonds is 3. The molecule has 2 aromatic heterocycles. The van der Waals surface area contributed by atoms with Crippen LogP contribution < -0.4 is 4.74 Å². The summed E-state index contributed by atoms with van der Waals surface area (Å²) in [6.07, 6.45) is 3.49. The molecule has 3 rings (SSSR count). The minimum Gasteiger partial charge on any atom is -0.495 e. The van der Waals surface area contributed by atoms with Gasteiger partial charge in [-0.3, -0.25) is 9.55 Å². The van der Waals surface area contributed by atoms with E-state index in [0.717, 1.165) is 28.3 Å². The van der Waals surface area contributed by atoms with Crippen molar-refractivity contribution in [3.63, 3.8) is 0 Å². The number of pyridine rings is 1. The van der Waals surface area contributed by atoms with Crippen molar-refractivity contribution in [3.05, 3.63) is 48.5 Å². The number of imidazole rings is 1. The van der Waals surface area contributed by atoms with Gasteiger partial charge in [-0.1, -0.05) is 12.1 Å². The van der Waals surface area contributed by atoms with Crippen LogP contribution in [0.25, 0.3) is 16.7 Å². The molecule has 0 aliphatic carbocycles. The van der Waals surface area contributed by atoms with Gasteiger partial charge in [0.15, 0.2) is 0 Å². The fraction of sp³-hybridized carbons (Fsp3) is 0.200. The van der Waals surface area contributed by atoms with E-state index >= 15 is 0 Å². The first-order chi connectivity index (χ1) is 9.72. The van der Waals surface area contributed by atoms with E-state index in [1.165, 1.54) is 0 Å². The molecule has 1 unspecified atom stereocenters. The number of nitrogens with zero attached hydrogens (tertiary/aromatic N) is 3. The summed E-state index contributed by atoms with van der Waals surface area (Å²) in [6, 6.07) is 9.74. The van der Waals surface area contributed by atoms with E-state index in [0.29, 0.717) is 0 Å². The van der Waals surface area contributed by atoms with Crippen molar-refractivity contribution in [1.29, 1.82) is 0 Å². The first kappa shape index (κ1) is 12.9. The summed E-state index contributed by atoms with van der Waals surface area (Å²) >= 11 is 6.28. The summed E-state index contributed by atoms with van der Waals surface area (Å²) in [6.45, 7) is 1.90. The lowest BCUT2D eigenvalue weighted by Crippen LogP contribution is -2.03. The molecular weight excluding hydrogens is 274 g/mol. The molecule has 20 heavy (non-hydrogen) atoms. The van der Waals surface area contributed by atoms with Crippen LogP contribution in [0.3, 0.4) is 0 Å². The Balaban J connectivity index is 2.36. The molecule has 1 atom stereocenters. The van der Waals surface area contributed by atoms with Gasteiger partial charge in [0.2, 0.25) is 0 Å². The Hall–Kier alpha value is -2.07. The van der Waals surface area contributed by atoms with Crippen LogP contribution in [-0.4, -0.2) is 21.6 Å². The SMILES string of the molecule is COc1ccccc1-n1c(C(C)Cl)nc2cnccc21. The molecule has 0 bridgehead atoms. The van der Waals surface area contributed by atoms with E-state index in [4.69, 9.17) is 16.3 Å². The van der Waals surface area contributed by atoms with E-state index in [1.807, 2.05) is 41.8 Å². The molecule has 0 fully saturated rings. The van der Waals surface area contributed by atoms with Gasteiger partial charge >= 0.3 is 0 Å². The summed E-state index contributed by atoms with van der Waals surface area (Å²) in [5, 5.41) is -0.215. The van der Waals surface area contributed by atoms with E-state index < -0.39 is 0 Å². The van der Waals surface area contributed by atoms with Gasteiger partial charge in [0.05, 0.1) is 29.9 Å². The molecule has 102 valence electrons. The van der Waals surface area contributed by atoms with Crippen LogP contribution in [0.5, 0.6) is 5.75 Å². The second-order valence-electron chi connectivity index (χ2n) is 4.46. The molecule has 0 amide bonds. The highest BCUT2D eigenvalue weighted by molar-refractivity contribution is 6.20. The summed E-state index contributed by atoms with van der Waals surface area (Å²) in [4.78, 5) is 8.69. The molecule has 1 aromatic carbocycles. The Morgan fingerprint density at radius 3 is 2.80 bits per heavy atom. The molecule has 0 spiro atoms. The molecule has 0 aliphatic heterocycles. The number of benzene rings is 1. The normalized spacial score (nSPS) is 12.6. The monoisotopic (exact) mass is 287 g/mol. The zero-order chi connectivity index (χ0) is 14.1. The number of alkyl halides is 1. The Labute approximate surface area is 122 Å². The second kappa shape index (κ2) is 5.13. The first-order valence-corrected chi connectivity index (χ1v) is 6.76. The van der Waals surface area contributed by atoms with Gasteiger partial charge in [-0.05, 0) is 25.1 Å². The lowest BCUT2D eigenvalue weighted by Gasteiger charge is -2.13. The van der Waals surface area contributed by atoms with Gasteiger partial charge < -0.3 is 4.74 Å². The Bertz CT molecular complexity index is 752. The minimum absolute atomic E-state index is 0.215. The number of para-hydroxylation sites is 2. The van der Waals surface area contributed by atoms with Crippen molar-refractivity contribution in [2.75, 3.05) is 7.11 Å². The predicted molar refractivity (Wildman–Crippen MR) is 79.7 cm³/mol. The first-order valence-electron chi connectivity index (χ1n) is 6.32. The Morgan fingerprint density at radius 1 is 1.25 bits per heavy atom. The third kappa shape index (κ3) is 2.02. The zero-order valence-electron chi connectivity index (χ0n) is 11.2. The van der Waals surface area contributed by atoms with Crippen molar-refractivity contribution in [1.82, 2.24) is 14.5 Å². The third-order valence-electron chi connectivity index (χ3n) is 3.16. The maximum atomic E-state index is 6.28. The van der Waals surface area contributed by atoms with Gasteiger partial charge in [-0.15, -0.1) is 11.6 Å². The number of hydrogen-bond acceptors (Lipinski definition) is 3. The molecule has 0 radical (unpaired) electrons. The molecule has 4 nitrogen and oxygen atoms in total. The van der Waals surface area contributed by atoms with Crippen LogP contribution in [0.1, 0.15) is 18.1 Å². The van der Waals surface area contributed by atoms with Gasteiger partial charge in [0.1, 0.15) is 17.1 Å². The van der Waals surface area contributed by atoms with Crippen LogP contribution in [0.4, 0.5) is 0 Å². The predicted octanol–water partition coefficient (Wildman–Crippen LogP) is 3.73.